The van der Waals surface area contributed by atoms with E-state index >= 15 is 0 Å². The van der Waals surface area contributed by atoms with Crippen molar-refractivity contribution in [3.8, 4) is 11.5 Å². The molecule has 0 aliphatic carbocycles. The molecule has 3 aromatic carbocycles. The van der Waals surface area contributed by atoms with Gasteiger partial charge in [-0.1, -0.05) is 30.3 Å². The second kappa shape index (κ2) is 12.4. The Labute approximate surface area is 244 Å². The fraction of sp³-hybridized carbons (Fsp3) is 0.312. The van der Waals surface area contributed by atoms with Crippen LogP contribution in [0, 0.1) is 0 Å². The quantitative estimate of drug-likeness (QED) is 0.270. The molecule has 0 bridgehead atoms. The van der Waals surface area contributed by atoms with Crippen molar-refractivity contribution in [1.29, 1.82) is 0 Å². The third-order valence-corrected chi connectivity index (χ3v) is 7.83. The van der Waals surface area contributed by atoms with Gasteiger partial charge in [0.1, 0.15) is 17.5 Å². The molecule has 3 heterocycles. The van der Waals surface area contributed by atoms with Gasteiger partial charge in [0, 0.05) is 54.9 Å². The Kier molecular flexibility index (Phi) is 8.14. The zero-order chi connectivity index (χ0) is 28.9. The SMILES string of the molecule is CCOc1ccc2[nH]c(=O)c([C@@H](c3nnnn3CCc3ccccc3)N3CCN(c4ccc(OC)cc4)CC3)cc2c1. The second-order valence-corrected chi connectivity index (χ2v) is 10.4. The highest BCUT2D eigenvalue weighted by Gasteiger charge is 2.32. The van der Waals surface area contributed by atoms with Gasteiger partial charge in [-0.2, -0.15) is 0 Å². The molecule has 1 atom stereocenters. The number of benzene rings is 3. The van der Waals surface area contributed by atoms with Gasteiger partial charge < -0.3 is 19.4 Å². The average molecular weight is 566 g/mol. The lowest BCUT2D eigenvalue weighted by atomic mass is 10.0. The van der Waals surface area contributed by atoms with E-state index in [1.54, 1.807) is 7.11 Å². The maximum absolute atomic E-state index is 13.6. The van der Waals surface area contributed by atoms with Crippen molar-refractivity contribution in [2.75, 3.05) is 44.8 Å². The molecular formula is C32H35N7O3. The molecule has 0 spiro atoms. The van der Waals surface area contributed by atoms with Gasteiger partial charge in [0.05, 0.1) is 13.7 Å². The number of ether oxygens (including phenoxy) is 2. The molecule has 0 radical (unpaired) electrons. The van der Waals surface area contributed by atoms with E-state index in [1.807, 2.05) is 66.2 Å². The van der Waals surface area contributed by atoms with Gasteiger partial charge in [0.25, 0.3) is 5.56 Å². The molecule has 1 aliphatic rings. The van der Waals surface area contributed by atoms with Crippen LogP contribution in [0.5, 0.6) is 11.5 Å². The minimum atomic E-state index is -0.419. The number of hydrogen-bond acceptors (Lipinski definition) is 8. The number of nitrogens with zero attached hydrogens (tertiary/aromatic N) is 6. The molecule has 0 saturated carbocycles. The molecule has 0 unspecified atom stereocenters. The van der Waals surface area contributed by atoms with Crippen LogP contribution in [0.1, 0.15) is 29.9 Å². The zero-order valence-corrected chi connectivity index (χ0v) is 23.9. The van der Waals surface area contributed by atoms with E-state index in [2.05, 4.69) is 54.6 Å². The van der Waals surface area contributed by atoms with E-state index in [4.69, 9.17) is 9.47 Å². The number of hydrogen-bond donors (Lipinski definition) is 1. The first-order valence-corrected chi connectivity index (χ1v) is 14.4. The van der Waals surface area contributed by atoms with Crippen LogP contribution >= 0.6 is 0 Å². The summed E-state index contributed by atoms with van der Waals surface area (Å²) in [7, 11) is 1.67. The zero-order valence-electron chi connectivity index (χ0n) is 23.9. The summed E-state index contributed by atoms with van der Waals surface area (Å²) in [4.78, 5) is 21.4. The normalized spacial score (nSPS) is 14.7. The maximum Gasteiger partial charge on any atom is 0.253 e. The number of aromatic amines is 1. The summed E-state index contributed by atoms with van der Waals surface area (Å²) in [5.74, 6) is 2.26. The molecular weight excluding hydrogens is 530 g/mol. The molecule has 0 amide bonds. The number of anilines is 1. The Balaban J connectivity index is 1.34. The molecule has 5 aromatic rings. The molecule has 1 N–H and O–H groups in total. The van der Waals surface area contributed by atoms with Crippen molar-refractivity contribution >= 4 is 16.6 Å². The smallest absolute Gasteiger partial charge is 0.253 e. The van der Waals surface area contributed by atoms with Crippen molar-refractivity contribution in [1.82, 2.24) is 30.1 Å². The summed E-state index contributed by atoms with van der Waals surface area (Å²) in [6, 6.07) is 25.7. The van der Waals surface area contributed by atoms with Crippen molar-refractivity contribution in [2.45, 2.75) is 25.9 Å². The Morgan fingerprint density at radius 3 is 2.43 bits per heavy atom. The first-order valence-electron chi connectivity index (χ1n) is 14.4. The number of pyridine rings is 1. The minimum absolute atomic E-state index is 0.146. The second-order valence-electron chi connectivity index (χ2n) is 10.4. The molecule has 10 nitrogen and oxygen atoms in total. The monoisotopic (exact) mass is 565 g/mol. The summed E-state index contributed by atoms with van der Waals surface area (Å²) in [6.45, 7) is 6.20. The third kappa shape index (κ3) is 5.84. The molecule has 10 heteroatoms. The molecule has 6 rings (SSSR count). The van der Waals surface area contributed by atoms with Crippen molar-refractivity contribution in [2.24, 2.45) is 0 Å². The van der Waals surface area contributed by atoms with E-state index < -0.39 is 6.04 Å². The van der Waals surface area contributed by atoms with Crippen LogP contribution in [-0.2, 0) is 13.0 Å². The highest BCUT2D eigenvalue weighted by Crippen LogP contribution is 2.30. The Hall–Kier alpha value is -4.70. The Morgan fingerprint density at radius 1 is 0.929 bits per heavy atom. The van der Waals surface area contributed by atoms with Gasteiger partial charge in [-0.15, -0.1) is 5.10 Å². The first-order chi connectivity index (χ1) is 20.6. The predicted molar refractivity (Wildman–Crippen MR) is 162 cm³/mol. The third-order valence-electron chi connectivity index (χ3n) is 7.83. The average Bonchev–Trinajstić information content (AvgIpc) is 3.50. The van der Waals surface area contributed by atoms with Gasteiger partial charge in [-0.05, 0) is 77.9 Å². The van der Waals surface area contributed by atoms with Crippen molar-refractivity contribution in [3.63, 3.8) is 0 Å². The number of tetrazole rings is 1. The molecule has 1 aliphatic heterocycles. The number of fused-ring (bicyclic) bond motifs is 1. The van der Waals surface area contributed by atoms with E-state index in [0.717, 1.165) is 60.7 Å². The van der Waals surface area contributed by atoms with Gasteiger partial charge in [-0.25, -0.2) is 4.68 Å². The van der Waals surface area contributed by atoms with E-state index in [9.17, 15) is 4.79 Å². The number of nitrogens with one attached hydrogen (secondary N) is 1. The highest BCUT2D eigenvalue weighted by molar-refractivity contribution is 5.80. The summed E-state index contributed by atoms with van der Waals surface area (Å²) >= 11 is 0. The topological polar surface area (TPSA) is 101 Å². The molecule has 216 valence electrons. The predicted octanol–water partition coefficient (Wildman–Crippen LogP) is 4.08. The highest BCUT2D eigenvalue weighted by atomic mass is 16.5. The van der Waals surface area contributed by atoms with E-state index in [-0.39, 0.29) is 5.56 Å². The number of methoxy groups -OCH3 is 1. The fourth-order valence-corrected chi connectivity index (χ4v) is 5.64. The van der Waals surface area contributed by atoms with Crippen LogP contribution in [0.25, 0.3) is 10.9 Å². The van der Waals surface area contributed by atoms with Gasteiger partial charge in [-0.3, -0.25) is 9.69 Å². The summed E-state index contributed by atoms with van der Waals surface area (Å²) < 4.78 is 12.9. The van der Waals surface area contributed by atoms with Crippen molar-refractivity contribution < 1.29 is 9.47 Å². The summed E-state index contributed by atoms with van der Waals surface area (Å²) in [5, 5.41) is 13.8. The van der Waals surface area contributed by atoms with Crippen molar-refractivity contribution in [3.05, 3.63) is 106 Å². The summed E-state index contributed by atoms with van der Waals surface area (Å²) in [5.41, 5.74) is 3.58. The van der Waals surface area contributed by atoms with E-state index in [0.29, 0.717) is 24.5 Å². The summed E-state index contributed by atoms with van der Waals surface area (Å²) in [6.07, 6.45) is 0.780. The van der Waals surface area contributed by atoms with Crippen LogP contribution in [-0.4, -0.2) is 70.0 Å². The van der Waals surface area contributed by atoms with Gasteiger partial charge in [0.15, 0.2) is 5.82 Å². The fourth-order valence-electron chi connectivity index (χ4n) is 5.64. The number of piperazine rings is 1. The van der Waals surface area contributed by atoms with Crippen LogP contribution < -0.4 is 19.9 Å². The maximum atomic E-state index is 13.6. The Bertz CT molecular complexity index is 1680. The number of rotatable bonds is 10. The van der Waals surface area contributed by atoms with E-state index in [1.165, 1.54) is 5.56 Å². The number of aromatic nitrogens is 5. The standard InChI is InChI=1S/C32H35N7O3/c1-3-42-27-13-14-29-24(21-27)22-28(32(40)33-29)30(31-34-35-36-39(31)16-15-23-7-5-4-6-8-23)38-19-17-37(18-20-38)25-9-11-26(41-2)12-10-25/h4-14,21-22,30H,3,15-20H2,1-2H3,(H,33,40)/t30-/m0/s1. The van der Waals surface area contributed by atoms with Crippen LogP contribution in [0.4, 0.5) is 5.69 Å². The van der Waals surface area contributed by atoms with Gasteiger partial charge >= 0.3 is 0 Å². The lowest BCUT2D eigenvalue weighted by Gasteiger charge is -2.39. The Morgan fingerprint density at radius 2 is 1.69 bits per heavy atom. The van der Waals surface area contributed by atoms with Gasteiger partial charge in [0.2, 0.25) is 0 Å². The largest absolute Gasteiger partial charge is 0.497 e. The molecule has 1 saturated heterocycles. The lowest BCUT2D eigenvalue weighted by Crippen LogP contribution is -2.49. The molecule has 42 heavy (non-hydrogen) atoms. The first kappa shape index (κ1) is 27.5. The number of aryl methyl sites for hydroxylation is 2. The minimum Gasteiger partial charge on any atom is -0.497 e. The lowest BCUT2D eigenvalue weighted by molar-refractivity contribution is 0.199. The molecule has 1 fully saturated rings. The van der Waals surface area contributed by atoms with Crippen LogP contribution in [0.3, 0.4) is 0 Å². The van der Waals surface area contributed by atoms with Crippen LogP contribution in [0.2, 0.25) is 0 Å². The van der Waals surface area contributed by atoms with Crippen LogP contribution in [0.15, 0.2) is 83.7 Å². The molecule has 2 aromatic heterocycles. The number of H-pyrrole nitrogens is 1.